The van der Waals surface area contributed by atoms with E-state index in [2.05, 4.69) is 0 Å². The Labute approximate surface area is 166 Å². The molecule has 0 bridgehead atoms. The van der Waals surface area contributed by atoms with Crippen molar-refractivity contribution in [1.29, 1.82) is 0 Å². The highest BCUT2D eigenvalue weighted by Crippen LogP contribution is 2.70. The Morgan fingerprint density at radius 2 is 1.81 bits per heavy atom. The van der Waals surface area contributed by atoms with Gasteiger partial charge >= 0.3 is 11.9 Å². The quantitative estimate of drug-likeness (QED) is 0.446. The third-order valence-electron chi connectivity index (χ3n) is 6.62. The van der Waals surface area contributed by atoms with Crippen molar-refractivity contribution in [3.05, 3.63) is 11.1 Å². The lowest BCUT2D eigenvalue weighted by Gasteiger charge is -2.45. The predicted octanol–water partition coefficient (Wildman–Crippen LogP) is 3.61. The summed E-state index contributed by atoms with van der Waals surface area (Å²) in [5.41, 5.74) is 0.586. The van der Waals surface area contributed by atoms with E-state index in [4.69, 9.17) is 21.1 Å². The Balaban J connectivity index is 2.03. The average Bonchev–Trinajstić information content (AvgIpc) is 3.29. The van der Waals surface area contributed by atoms with Gasteiger partial charge in [0.2, 0.25) is 0 Å². The summed E-state index contributed by atoms with van der Waals surface area (Å²) in [4.78, 5) is 23.9. The zero-order chi connectivity index (χ0) is 20.4. The van der Waals surface area contributed by atoms with Gasteiger partial charge in [-0.1, -0.05) is 19.4 Å². The fraction of sp³-hybridized carbons (Fsp3) is 0.810. The molecular formula is C21H31ClO5. The molecule has 3 aliphatic rings. The third-order valence-corrected chi connectivity index (χ3v) is 7.44. The molecule has 1 fully saturated rings. The number of esters is 2. The summed E-state index contributed by atoms with van der Waals surface area (Å²) in [6.45, 7) is 9.35. The Kier molecular flexibility index (Phi) is 4.75. The van der Waals surface area contributed by atoms with E-state index in [1.54, 1.807) is 20.8 Å². The number of allylic oxidation sites excluding steroid dienone is 1. The summed E-state index contributed by atoms with van der Waals surface area (Å²) in [7, 11) is 1.33. The molecule has 6 heteroatoms. The number of hydrogen-bond acceptors (Lipinski definition) is 5. The average molecular weight is 399 g/mol. The summed E-state index contributed by atoms with van der Waals surface area (Å²) in [6, 6.07) is 0. The molecule has 0 amide bonds. The normalized spacial score (nSPS) is 33.6. The molecule has 3 atom stereocenters. The van der Waals surface area contributed by atoms with Gasteiger partial charge in [-0.3, -0.25) is 9.59 Å². The van der Waals surface area contributed by atoms with Crippen molar-refractivity contribution in [3.8, 4) is 0 Å². The maximum absolute atomic E-state index is 12.9. The minimum Gasteiger partial charge on any atom is -0.468 e. The maximum Gasteiger partial charge on any atom is 0.328 e. The highest BCUT2D eigenvalue weighted by atomic mass is 35.5. The van der Waals surface area contributed by atoms with Crippen LogP contribution in [0.5, 0.6) is 0 Å². The lowest BCUT2D eigenvalue weighted by molar-refractivity contribution is -0.158. The van der Waals surface area contributed by atoms with E-state index in [1.807, 2.05) is 13.8 Å². The molecule has 0 aliphatic heterocycles. The second-order valence-corrected chi connectivity index (χ2v) is 10.8. The predicted molar refractivity (Wildman–Crippen MR) is 102 cm³/mol. The van der Waals surface area contributed by atoms with Crippen molar-refractivity contribution in [2.75, 3.05) is 13.7 Å². The smallest absolute Gasteiger partial charge is 0.328 e. The molecule has 152 valence electrons. The number of carbonyl (C=O) groups excluding carboxylic acids is 2. The molecule has 0 saturated heterocycles. The fourth-order valence-electron chi connectivity index (χ4n) is 4.86. The van der Waals surface area contributed by atoms with Crippen LogP contribution in [0.25, 0.3) is 0 Å². The van der Waals surface area contributed by atoms with Gasteiger partial charge in [-0.15, -0.1) is 11.6 Å². The molecule has 0 aromatic rings. The summed E-state index contributed by atoms with van der Waals surface area (Å²) in [5.74, 6) is -1.43. The van der Waals surface area contributed by atoms with E-state index in [1.165, 1.54) is 12.7 Å². The second kappa shape index (κ2) is 6.21. The van der Waals surface area contributed by atoms with Crippen LogP contribution in [0.15, 0.2) is 11.1 Å². The molecule has 3 aliphatic carbocycles. The molecule has 0 unspecified atom stereocenters. The van der Waals surface area contributed by atoms with Gasteiger partial charge in [-0.2, -0.15) is 0 Å². The van der Waals surface area contributed by atoms with Gasteiger partial charge in [0.05, 0.1) is 18.6 Å². The lowest BCUT2D eigenvalue weighted by Crippen LogP contribution is -2.55. The number of hydrogen-bond donors (Lipinski definition) is 1. The maximum atomic E-state index is 12.9. The van der Waals surface area contributed by atoms with Gasteiger partial charge < -0.3 is 14.6 Å². The Morgan fingerprint density at radius 1 is 1.22 bits per heavy atom. The van der Waals surface area contributed by atoms with E-state index < -0.39 is 28.3 Å². The van der Waals surface area contributed by atoms with Crippen LogP contribution in [0.3, 0.4) is 0 Å². The van der Waals surface area contributed by atoms with Gasteiger partial charge in [-0.05, 0) is 57.4 Å². The molecule has 1 saturated carbocycles. The molecule has 5 nitrogen and oxygen atoms in total. The van der Waals surface area contributed by atoms with Gasteiger partial charge in [0.15, 0.2) is 4.87 Å². The standard InChI is InChI=1S/C21H31ClO5/c1-18(2,3)16(24)27-11-13-14-12(9-19(4,5)15(14)23)10-20(7-8-20)21(13,22)17(25)26-6/h13,15,23H,7-11H2,1-6H3/t13-,15+,21-/m0/s1. The Hall–Kier alpha value is -1.07. The molecule has 1 N–H and O–H groups in total. The number of carbonyl (C=O) groups is 2. The van der Waals surface area contributed by atoms with Crippen molar-refractivity contribution in [1.82, 2.24) is 0 Å². The summed E-state index contributed by atoms with van der Waals surface area (Å²) in [6.07, 6.45) is 2.42. The number of aliphatic hydroxyl groups is 1. The first-order valence-electron chi connectivity index (χ1n) is 9.64. The molecule has 27 heavy (non-hydrogen) atoms. The minimum absolute atomic E-state index is 0.0254. The van der Waals surface area contributed by atoms with E-state index in [0.29, 0.717) is 6.42 Å². The number of halogens is 1. The molecule has 0 aromatic heterocycles. The molecule has 0 aromatic carbocycles. The van der Waals surface area contributed by atoms with E-state index in [-0.39, 0.29) is 23.4 Å². The summed E-state index contributed by atoms with van der Waals surface area (Å²) in [5, 5.41) is 11.0. The van der Waals surface area contributed by atoms with Gasteiger partial charge in [-0.25, -0.2) is 0 Å². The van der Waals surface area contributed by atoms with Crippen LogP contribution >= 0.6 is 11.6 Å². The van der Waals surface area contributed by atoms with Crippen LogP contribution in [-0.2, 0) is 19.1 Å². The molecule has 3 rings (SSSR count). The summed E-state index contributed by atoms with van der Waals surface area (Å²) >= 11 is 7.06. The highest BCUT2D eigenvalue weighted by molar-refractivity contribution is 6.35. The zero-order valence-electron chi connectivity index (χ0n) is 17.1. The van der Waals surface area contributed by atoms with Crippen LogP contribution in [0.4, 0.5) is 0 Å². The van der Waals surface area contributed by atoms with Gasteiger partial charge in [0.1, 0.15) is 6.61 Å². The molecular weight excluding hydrogens is 368 g/mol. The number of ether oxygens (including phenoxy) is 2. The molecule has 0 heterocycles. The lowest BCUT2D eigenvalue weighted by atomic mass is 9.66. The number of methoxy groups -OCH3 is 1. The Bertz CT molecular complexity index is 698. The first kappa shape index (κ1) is 20.7. The highest BCUT2D eigenvalue weighted by Gasteiger charge is 2.71. The van der Waals surface area contributed by atoms with Crippen molar-refractivity contribution >= 4 is 23.5 Å². The van der Waals surface area contributed by atoms with Crippen LogP contribution < -0.4 is 0 Å². The molecule has 0 radical (unpaired) electrons. The van der Waals surface area contributed by atoms with Crippen LogP contribution in [0, 0.1) is 22.2 Å². The third kappa shape index (κ3) is 3.02. The SMILES string of the molecule is COC(=O)[C@@]1(Cl)[C@@H](COC(=O)C(C)(C)C)C2=C(CC(C)(C)[C@@H]2O)CC12CC2. The number of rotatable bonds is 3. The van der Waals surface area contributed by atoms with Gasteiger partial charge in [0, 0.05) is 11.3 Å². The van der Waals surface area contributed by atoms with Crippen LogP contribution in [0.2, 0.25) is 0 Å². The first-order chi connectivity index (χ1) is 12.3. The second-order valence-electron chi connectivity index (χ2n) is 10.2. The number of aliphatic hydroxyl groups excluding tert-OH is 1. The number of alkyl halides is 1. The Morgan fingerprint density at radius 3 is 2.30 bits per heavy atom. The first-order valence-corrected chi connectivity index (χ1v) is 10.0. The van der Waals surface area contributed by atoms with Crippen molar-refractivity contribution < 1.29 is 24.2 Å². The van der Waals surface area contributed by atoms with Gasteiger partial charge in [0.25, 0.3) is 0 Å². The van der Waals surface area contributed by atoms with E-state index in [9.17, 15) is 14.7 Å². The van der Waals surface area contributed by atoms with Crippen molar-refractivity contribution in [2.45, 2.75) is 71.3 Å². The molecule has 1 spiro atoms. The monoisotopic (exact) mass is 398 g/mol. The zero-order valence-corrected chi connectivity index (χ0v) is 17.9. The van der Waals surface area contributed by atoms with Crippen LogP contribution in [0.1, 0.15) is 60.3 Å². The van der Waals surface area contributed by atoms with Crippen molar-refractivity contribution in [3.63, 3.8) is 0 Å². The topological polar surface area (TPSA) is 72.8 Å². The largest absolute Gasteiger partial charge is 0.468 e. The van der Waals surface area contributed by atoms with E-state index in [0.717, 1.165) is 24.8 Å². The van der Waals surface area contributed by atoms with E-state index >= 15 is 0 Å². The van der Waals surface area contributed by atoms with Crippen molar-refractivity contribution in [2.24, 2.45) is 22.2 Å². The fourth-order valence-corrected chi connectivity index (χ4v) is 5.38. The minimum atomic E-state index is -1.32. The van der Waals surface area contributed by atoms with Crippen LogP contribution in [-0.4, -0.2) is 41.7 Å². The summed E-state index contributed by atoms with van der Waals surface area (Å²) < 4.78 is 10.7.